The van der Waals surface area contributed by atoms with Crippen molar-refractivity contribution >= 4 is 29.2 Å². The lowest BCUT2D eigenvalue weighted by Crippen LogP contribution is -2.47. The van der Waals surface area contributed by atoms with Crippen LogP contribution >= 0.6 is 0 Å². The Hall–Kier alpha value is -4.15. The summed E-state index contributed by atoms with van der Waals surface area (Å²) in [5.41, 5.74) is 4.55. The number of aromatic nitrogens is 2. The van der Waals surface area contributed by atoms with Gasteiger partial charge in [-0.2, -0.15) is 13.2 Å². The average Bonchev–Trinajstić information content (AvgIpc) is 2.86. The minimum atomic E-state index is -5.08. The number of rotatable bonds is 3. The zero-order valence-electron chi connectivity index (χ0n) is 19.4. The van der Waals surface area contributed by atoms with Crippen LogP contribution in [0.15, 0.2) is 60.9 Å². The van der Waals surface area contributed by atoms with Gasteiger partial charge in [0.25, 0.3) is 0 Å². The van der Waals surface area contributed by atoms with Gasteiger partial charge in [0.15, 0.2) is 11.6 Å². The second-order valence-electron chi connectivity index (χ2n) is 8.41. The highest BCUT2D eigenvalue weighted by Gasteiger charge is 2.38. The van der Waals surface area contributed by atoms with E-state index in [9.17, 15) is 18.0 Å². The Labute approximate surface area is 205 Å². The molecular formula is C25H24F3N5O3. The maximum atomic E-state index is 13.1. The van der Waals surface area contributed by atoms with Crippen LogP contribution in [0.5, 0.6) is 0 Å². The summed E-state index contributed by atoms with van der Waals surface area (Å²) < 4.78 is 31.7. The summed E-state index contributed by atoms with van der Waals surface area (Å²) in [7, 11) is 0. The van der Waals surface area contributed by atoms with E-state index in [0.717, 1.165) is 42.4 Å². The molecule has 11 heteroatoms. The third kappa shape index (κ3) is 5.40. The van der Waals surface area contributed by atoms with Crippen LogP contribution in [-0.4, -0.2) is 45.7 Å². The highest BCUT2D eigenvalue weighted by molar-refractivity contribution is 6.06. The highest BCUT2D eigenvalue weighted by Crippen LogP contribution is 2.39. The molecule has 2 aliphatic rings. The van der Waals surface area contributed by atoms with Gasteiger partial charge in [-0.3, -0.25) is 9.69 Å². The van der Waals surface area contributed by atoms with Gasteiger partial charge in [-0.25, -0.2) is 14.8 Å². The van der Waals surface area contributed by atoms with E-state index in [-0.39, 0.29) is 11.9 Å². The molecule has 0 aliphatic carbocycles. The number of hydrogen-bond acceptors (Lipinski definition) is 6. The largest absolute Gasteiger partial charge is 0.490 e. The number of halogens is 3. The van der Waals surface area contributed by atoms with Crippen molar-refractivity contribution in [1.29, 1.82) is 0 Å². The number of carbonyl (C=O) groups is 2. The van der Waals surface area contributed by atoms with Crippen LogP contribution in [0.2, 0.25) is 0 Å². The average molecular weight is 499 g/mol. The Morgan fingerprint density at radius 3 is 2.39 bits per heavy atom. The number of nitrogens with zero attached hydrogens (tertiary/aromatic N) is 4. The molecule has 36 heavy (non-hydrogen) atoms. The smallest absolute Gasteiger partial charge is 0.475 e. The Morgan fingerprint density at radius 1 is 1.08 bits per heavy atom. The van der Waals surface area contributed by atoms with E-state index in [4.69, 9.17) is 9.90 Å². The molecule has 1 unspecified atom stereocenters. The van der Waals surface area contributed by atoms with E-state index in [1.165, 1.54) is 11.1 Å². The van der Waals surface area contributed by atoms with Crippen molar-refractivity contribution in [3.05, 3.63) is 77.6 Å². The zero-order chi connectivity index (χ0) is 25.9. The third-order valence-electron chi connectivity index (χ3n) is 5.92. The molecule has 0 saturated heterocycles. The monoisotopic (exact) mass is 499 g/mol. The van der Waals surface area contributed by atoms with E-state index in [0.29, 0.717) is 6.54 Å². The Balaban J connectivity index is 0.000000384. The molecule has 1 aromatic heterocycles. The summed E-state index contributed by atoms with van der Waals surface area (Å²) in [6, 6.07) is 18.3. The molecule has 5 rings (SSSR count). The maximum absolute atomic E-state index is 13.1. The van der Waals surface area contributed by atoms with E-state index < -0.39 is 12.1 Å². The van der Waals surface area contributed by atoms with Gasteiger partial charge >= 0.3 is 12.1 Å². The van der Waals surface area contributed by atoms with Crippen molar-refractivity contribution < 1.29 is 27.9 Å². The van der Waals surface area contributed by atoms with Crippen molar-refractivity contribution in [2.24, 2.45) is 0 Å². The third-order valence-corrected chi connectivity index (χ3v) is 5.92. The van der Waals surface area contributed by atoms with Crippen LogP contribution < -0.4 is 15.1 Å². The number of nitrogens with one attached hydrogen (secondary N) is 1. The number of fused-ring (bicyclic) bond motifs is 2. The van der Waals surface area contributed by atoms with E-state index in [1.807, 2.05) is 42.2 Å². The van der Waals surface area contributed by atoms with Crippen molar-refractivity contribution in [3.63, 3.8) is 0 Å². The zero-order valence-corrected chi connectivity index (χ0v) is 19.4. The Kier molecular flexibility index (Phi) is 7.09. The van der Waals surface area contributed by atoms with Crippen LogP contribution in [0.1, 0.15) is 23.6 Å². The molecule has 0 fully saturated rings. The molecule has 188 valence electrons. The minimum Gasteiger partial charge on any atom is -0.475 e. The fourth-order valence-electron chi connectivity index (χ4n) is 4.17. The molecule has 8 nitrogen and oxygen atoms in total. The lowest BCUT2D eigenvalue weighted by atomic mass is 9.99. The Morgan fingerprint density at radius 2 is 1.72 bits per heavy atom. The van der Waals surface area contributed by atoms with Crippen molar-refractivity contribution in [3.8, 4) is 0 Å². The number of anilines is 3. The number of aliphatic carboxylic acids is 1. The second-order valence-corrected chi connectivity index (χ2v) is 8.41. The normalized spacial score (nSPS) is 16.8. The molecule has 0 bridgehead atoms. The molecule has 1 amide bonds. The molecule has 2 N–H and O–H groups in total. The summed E-state index contributed by atoms with van der Waals surface area (Å²) in [6.07, 6.45) is -2.53. The van der Waals surface area contributed by atoms with Gasteiger partial charge in [-0.1, -0.05) is 54.6 Å². The first-order valence-corrected chi connectivity index (χ1v) is 11.2. The molecule has 0 saturated carbocycles. The molecule has 2 aliphatic heterocycles. The predicted molar refractivity (Wildman–Crippen MR) is 128 cm³/mol. The van der Waals surface area contributed by atoms with E-state index in [2.05, 4.69) is 44.5 Å². The van der Waals surface area contributed by atoms with Gasteiger partial charge in [-0.05, 0) is 30.0 Å². The molecule has 3 aromatic rings. The Bertz CT molecular complexity index is 1250. The van der Waals surface area contributed by atoms with Gasteiger partial charge in [0.2, 0.25) is 5.91 Å². The quantitative estimate of drug-likeness (QED) is 0.562. The van der Waals surface area contributed by atoms with E-state index >= 15 is 0 Å². The maximum Gasteiger partial charge on any atom is 0.490 e. The molecule has 3 heterocycles. The van der Waals surface area contributed by atoms with E-state index in [1.54, 1.807) is 6.33 Å². The number of hydrogen-bond donors (Lipinski definition) is 2. The molecule has 0 radical (unpaired) electrons. The van der Waals surface area contributed by atoms with Gasteiger partial charge in [0.1, 0.15) is 18.1 Å². The first-order valence-electron chi connectivity index (χ1n) is 11.2. The van der Waals surface area contributed by atoms with Gasteiger partial charge in [-0.15, -0.1) is 0 Å². The first-order chi connectivity index (χ1) is 17.1. The number of benzene rings is 2. The number of amides is 1. The lowest BCUT2D eigenvalue weighted by molar-refractivity contribution is -0.192. The molecule has 1 atom stereocenters. The summed E-state index contributed by atoms with van der Waals surface area (Å²) >= 11 is 0. The van der Waals surface area contributed by atoms with Crippen LogP contribution in [0.3, 0.4) is 0 Å². The first kappa shape index (κ1) is 25.0. The number of carbonyl (C=O) groups excluding carboxylic acids is 1. The lowest BCUT2D eigenvalue weighted by Gasteiger charge is -2.38. The SMILES string of the molecule is CC1Nc2ncnc(N3CCc4ccccc4C3)c2N(Cc2ccccc2)C1=O.O=C(O)C(F)(F)F. The highest BCUT2D eigenvalue weighted by atomic mass is 19.4. The topological polar surface area (TPSA) is 98.7 Å². The van der Waals surface area contributed by atoms with Crippen molar-refractivity contribution in [2.75, 3.05) is 21.7 Å². The van der Waals surface area contributed by atoms with Crippen LogP contribution in [0.25, 0.3) is 0 Å². The van der Waals surface area contributed by atoms with Crippen LogP contribution in [0.4, 0.5) is 30.5 Å². The predicted octanol–water partition coefficient (Wildman–Crippen LogP) is 4.02. The van der Waals surface area contributed by atoms with Gasteiger partial charge in [0.05, 0.1) is 6.54 Å². The standard InChI is InChI=1S/C23H23N5O.C2HF3O2/c1-16-23(29)28(13-17-7-3-2-4-8-17)20-21(26-16)24-15-25-22(20)27-12-11-18-9-5-6-10-19(18)14-27;3-2(4,5)1(6)7/h2-10,15-16H,11-14H2,1H3,(H,24,25,26);(H,6,7). The molecule has 2 aromatic carbocycles. The number of carboxylic acid groups (broad SMARTS) is 1. The van der Waals surface area contributed by atoms with Crippen molar-refractivity contribution in [1.82, 2.24) is 9.97 Å². The summed E-state index contributed by atoms with van der Waals surface area (Å²) in [6.45, 7) is 4.03. The fraction of sp³-hybridized carbons (Fsp3) is 0.280. The number of alkyl halides is 3. The van der Waals surface area contributed by atoms with Crippen molar-refractivity contribution in [2.45, 2.75) is 38.7 Å². The minimum absolute atomic E-state index is 0.0369. The van der Waals surface area contributed by atoms with Gasteiger partial charge < -0.3 is 15.3 Å². The summed E-state index contributed by atoms with van der Waals surface area (Å²) in [4.78, 5) is 35.2. The molecule has 0 spiro atoms. The fourth-order valence-corrected chi connectivity index (χ4v) is 4.17. The van der Waals surface area contributed by atoms with Crippen LogP contribution in [-0.2, 0) is 29.1 Å². The van der Waals surface area contributed by atoms with Crippen LogP contribution in [0, 0.1) is 0 Å². The summed E-state index contributed by atoms with van der Waals surface area (Å²) in [5, 5.41) is 10.4. The van der Waals surface area contributed by atoms with Gasteiger partial charge in [0, 0.05) is 13.1 Å². The molecular weight excluding hydrogens is 475 g/mol. The summed E-state index contributed by atoms with van der Waals surface area (Å²) in [5.74, 6) is -1.19. The number of carboxylic acids is 1. The second kappa shape index (κ2) is 10.2.